The van der Waals surface area contributed by atoms with Gasteiger partial charge in [-0.15, -0.1) is 0 Å². The molecule has 0 aromatic heterocycles. The monoisotopic (exact) mass is 277 g/mol. The maximum absolute atomic E-state index is 12.3. The molecular weight excluding hydrogens is 266 g/mol. The Bertz CT molecular complexity index is 633. The molecule has 1 fully saturated rings. The minimum atomic E-state index is -0.989. The van der Waals surface area contributed by atoms with Crippen LogP contribution in [0.15, 0.2) is 26.9 Å². The van der Waals surface area contributed by atoms with Gasteiger partial charge in [-0.2, -0.15) is 8.73 Å². The summed E-state index contributed by atoms with van der Waals surface area (Å²) in [6.07, 6.45) is 1.75. The van der Waals surface area contributed by atoms with Gasteiger partial charge in [0.2, 0.25) is 0 Å². The van der Waals surface area contributed by atoms with E-state index >= 15 is 0 Å². The number of carboxylic acids is 1. The molecule has 1 amide bonds. The lowest BCUT2D eigenvalue weighted by molar-refractivity contribution is -0.137. The fraction of sp³-hybridized carbons (Fsp3) is 0.333. The van der Waals surface area contributed by atoms with E-state index in [1.165, 1.54) is 4.90 Å². The van der Waals surface area contributed by atoms with E-state index in [0.29, 0.717) is 11.3 Å². The normalized spacial score (nSPS) is 15.8. The molecule has 0 unspecified atom stereocenters. The number of rotatable bonds is 4. The van der Waals surface area contributed by atoms with Gasteiger partial charge in [-0.25, -0.2) is 0 Å². The molecule has 3 rings (SSSR count). The Balaban J connectivity index is 1.86. The molecule has 6 nitrogen and oxygen atoms in total. The third-order valence-corrected chi connectivity index (χ3v) is 3.61. The quantitative estimate of drug-likeness (QED) is 0.929. The number of carbonyl (C=O) groups is 2. The van der Waals surface area contributed by atoms with Gasteiger partial charge < -0.3 is 10.0 Å². The van der Waals surface area contributed by atoms with Crippen molar-refractivity contribution in [2.24, 2.45) is 8.73 Å². The third-order valence-electron chi connectivity index (χ3n) is 3.05. The summed E-state index contributed by atoms with van der Waals surface area (Å²) in [6, 6.07) is 5.13. The highest BCUT2D eigenvalue weighted by Gasteiger charge is 2.34. The molecule has 1 aliphatic heterocycles. The van der Waals surface area contributed by atoms with Gasteiger partial charge in [-0.3, -0.25) is 9.59 Å². The number of amides is 1. The summed E-state index contributed by atoms with van der Waals surface area (Å²) in [5.74, 6) is -1.24. The van der Waals surface area contributed by atoms with E-state index in [-0.39, 0.29) is 18.5 Å². The Morgan fingerprint density at radius 1 is 1.32 bits per heavy atom. The van der Waals surface area contributed by atoms with Crippen molar-refractivity contribution in [1.82, 2.24) is 4.90 Å². The van der Waals surface area contributed by atoms with Crippen molar-refractivity contribution in [1.29, 1.82) is 0 Å². The second kappa shape index (κ2) is 4.58. The van der Waals surface area contributed by atoms with Crippen LogP contribution in [0.3, 0.4) is 0 Å². The lowest BCUT2D eigenvalue weighted by Gasteiger charge is -2.20. The fourth-order valence-corrected chi connectivity index (χ4v) is 2.50. The third kappa shape index (κ3) is 2.41. The zero-order valence-corrected chi connectivity index (χ0v) is 10.8. The summed E-state index contributed by atoms with van der Waals surface area (Å²) in [5, 5.41) is 8.88. The number of hydrogen-bond acceptors (Lipinski definition) is 4. The van der Waals surface area contributed by atoms with E-state index in [2.05, 4.69) is 8.73 Å². The zero-order chi connectivity index (χ0) is 13.4. The van der Waals surface area contributed by atoms with E-state index in [0.717, 1.165) is 29.9 Å². The first-order valence-corrected chi connectivity index (χ1v) is 6.63. The molecule has 0 spiro atoms. The molecular formula is C12H11N3O3S. The van der Waals surface area contributed by atoms with Crippen molar-refractivity contribution in [3.05, 3.63) is 23.8 Å². The first kappa shape index (κ1) is 12.0. The highest BCUT2D eigenvalue weighted by molar-refractivity contribution is 7.58. The van der Waals surface area contributed by atoms with Crippen LogP contribution in [-0.2, 0) is 16.1 Å². The summed E-state index contributed by atoms with van der Waals surface area (Å²) in [6.45, 7) is -0.253. The summed E-state index contributed by atoms with van der Waals surface area (Å²) in [4.78, 5) is 24.6. The van der Waals surface area contributed by atoms with Crippen LogP contribution in [0.4, 0.5) is 11.4 Å². The number of fused-ring (bicyclic) bond motifs is 1. The van der Waals surface area contributed by atoms with E-state index in [4.69, 9.17) is 5.11 Å². The molecule has 0 saturated heterocycles. The van der Waals surface area contributed by atoms with Crippen LogP contribution in [0, 0.1) is 0 Å². The van der Waals surface area contributed by atoms with Crippen molar-refractivity contribution in [3.8, 4) is 0 Å². The van der Waals surface area contributed by atoms with E-state index in [9.17, 15) is 9.59 Å². The Hall–Kier alpha value is -2.02. The SMILES string of the molecule is O=C(O)CN(C(=O)c1ccc2c(c1)N=S=N2)C1CC1. The average molecular weight is 277 g/mol. The smallest absolute Gasteiger partial charge is 0.323 e. The highest BCUT2D eigenvalue weighted by Crippen LogP contribution is 2.34. The van der Waals surface area contributed by atoms with Crippen LogP contribution in [0.25, 0.3) is 0 Å². The predicted molar refractivity (Wildman–Crippen MR) is 69.7 cm³/mol. The molecule has 1 N–H and O–H groups in total. The summed E-state index contributed by atoms with van der Waals surface area (Å²) < 4.78 is 8.16. The molecule has 1 aliphatic carbocycles. The van der Waals surface area contributed by atoms with Gasteiger partial charge >= 0.3 is 5.97 Å². The van der Waals surface area contributed by atoms with Crippen molar-refractivity contribution < 1.29 is 14.7 Å². The number of hydrogen-bond donors (Lipinski definition) is 1. The molecule has 98 valence electrons. The van der Waals surface area contributed by atoms with Crippen molar-refractivity contribution in [3.63, 3.8) is 0 Å². The second-order valence-corrected chi connectivity index (χ2v) is 5.05. The van der Waals surface area contributed by atoms with Gasteiger partial charge in [-0.1, -0.05) is 0 Å². The zero-order valence-electron chi connectivity index (χ0n) is 9.94. The fourth-order valence-electron chi connectivity index (χ4n) is 1.98. The van der Waals surface area contributed by atoms with Crippen LogP contribution < -0.4 is 0 Å². The highest BCUT2D eigenvalue weighted by atomic mass is 32.1. The molecule has 0 bridgehead atoms. The molecule has 0 atom stereocenters. The molecule has 0 radical (unpaired) electrons. The van der Waals surface area contributed by atoms with Crippen LogP contribution >= 0.6 is 0 Å². The van der Waals surface area contributed by atoms with Crippen LogP contribution in [0.5, 0.6) is 0 Å². The average Bonchev–Trinajstić information content (AvgIpc) is 3.12. The van der Waals surface area contributed by atoms with Gasteiger partial charge in [0.15, 0.2) is 0 Å². The number of carboxylic acid groups (broad SMARTS) is 1. The molecule has 2 aliphatic rings. The van der Waals surface area contributed by atoms with Gasteiger partial charge in [0.1, 0.15) is 17.9 Å². The lowest BCUT2D eigenvalue weighted by atomic mass is 10.1. The molecule has 7 heteroatoms. The summed E-state index contributed by atoms with van der Waals surface area (Å²) in [5.41, 5.74) is 1.88. The molecule has 1 heterocycles. The Labute approximate surface area is 112 Å². The van der Waals surface area contributed by atoms with E-state index < -0.39 is 5.97 Å². The Morgan fingerprint density at radius 2 is 2.05 bits per heavy atom. The van der Waals surface area contributed by atoms with Crippen molar-refractivity contribution in [2.75, 3.05) is 6.54 Å². The first-order valence-electron chi connectivity index (χ1n) is 5.90. The molecule has 1 aromatic carbocycles. The summed E-state index contributed by atoms with van der Waals surface area (Å²) >= 11 is 1.09. The van der Waals surface area contributed by atoms with Gasteiger partial charge in [0.05, 0.1) is 11.4 Å². The molecule has 19 heavy (non-hydrogen) atoms. The maximum atomic E-state index is 12.3. The van der Waals surface area contributed by atoms with Crippen LogP contribution in [0.2, 0.25) is 0 Å². The number of aliphatic carboxylic acids is 1. The minimum absolute atomic E-state index is 0.0628. The second-order valence-electron chi connectivity index (χ2n) is 4.53. The van der Waals surface area contributed by atoms with Crippen LogP contribution in [0.1, 0.15) is 23.2 Å². The molecule has 1 saturated carbocycles. The standard InChI is InChI=1S/C12H11N3O3S/c16-11(17)6-15(8-2-3-8)12(18)7-1-4-9-10(5-7)14-19-13-9/h1,4-5,8H,2-3,6H2,(H,16,17). The topological polar surface area (TPSA) is 82.3 Å². The van der Waals surface area contributed by atoms with Crippen molar-refractivity contribution >= 4 is 34.6 Å². The summed E-state index contributed by atoms with van der Waals surface area (Å²) in [7, 11) is 0. The van der Waals surface area contributed by atoms with Crippen LogP contribution in [-0.4, -0.2) is 34.5 Å². The predicted octanol–water partition coefficient (Wildman–Crippen LogP) is 2.10. The number of nitrogens with zero attached hydrogens (tertiary/aromatic N) is 3. The lowest BCUT2D eigenvalue weighted by Crippen LogP contribution is -2.37. The van der Waals surface area contributed by atoms with Gasteiger partial charge in [0.25, 0.3) is 5.91 Å². The Morgan fingerprint density at radius 3 is 2.74 bits per heavy atom. The van der Waals surface area contributed by atoms with Crippen molar-refractivity contribution in [2.45, 2.75) is 18.9 Å². The van der Waals surface area contributed by atoms with Gasteiger partial charge in [0, 0.05) is 11.6 Å². The first-order chi connectivity index (χ1) is 9.15. The Kier molecular flexibility index (Phi) is 2.90. The maximum Gasteiger partial charge on any atom is 0.323 e. The van der Waals surface area contributed by atoms with Gasteiger partial charge in [-0.05, 0) is 31.0 Å². The molecule has 1 aromatic rings. The van der Waals surface area contributed by atoms with E-state index in [1.807, 2.05) is 0 Å². The number of benzene rings is 1. The number of carbonyl (C=O) groups excluding carboxylic acids is 1. The minimum Gasteiger partial charge on any atom is -0.480 e. The largest absolute Gasteiger partial charge is 0.480 e. The van der Waals surface area contributed by atoms with E-state index in [1.54, 1.807) is 18.2 Å².